The summed E-state index contributed by atoms with van der Waals surface area (Å²) in [6.45, 7) is 0.604. The van der Waals surface area contributed by atoms with Crippen molar-refractivity contribution in [3.8, 4) is 0 Å². The number of carbonyl (C=O) groups is 2. The fourth-order valence-corrected chi connectivity index (χ4v) is 2.08. The number of hydrogen-bond acceptors (Lipinski definition) is 8. The Morgan fingerprint density at radius 1 is 1.09 bits per heavy atom. The van der Waals surface area contributed by atoms with Gasteiger partial charge in [0, 0.05) is 12.8 Å². The van der Waals surface area contributed by atoms with Crippen LogP contribution in [0.4, 0.5) is 0 Å². The minimum atomic E-state index is -2.14. The molecule has 23 heavy (non-hydrogen) atoms. The number of aliphatic carboxylic acids is 2. The molecule has 10 N–H and O–H groups in total. The highest BCUT2D eigenvalue weighted by molar-refractivity contribution is 5.77. The third kappa shape index (κ3) is 7.20. The molecule has 0 aromatic rings. The average molecular weight is 338 g/mol. The third-order valence-corrected chi connectivity index (χ3v) is 3.57. The maximum Gasteiger partial charge on any atom is 0.335 e. The van der Waals surface area contributed by atoms with E-state index < -0.39 is 54.7 Å². The molecule has 136 valence electrons. The molecule has 0 bridgehead atoms. The molecule has 0 saturated heterocycles. The van der Waals surface area contributed by atoms with Crippen molar-refractivity contribution in [2.24, 2.45) is 11.5 Å². The molecule has 1 rings (SSSR count). The van der Waals surface area contributed by atoms with Gasteiger partial charge in [-0.05, 0) is 19.4 Å². The van der Waals surface area contributed by atoms with E-state index in [0.29, 0.717) is 13.0 Å². The molecule has 5 atom stereocenters. The van der Waals surface area contributed by atoms with Crippen LogP contribution in [0.15, 0.2) is 0 Å². The van der Waals surface area contributed by atoms with Crippen LogP contribution in [0.2, 0.25) is 0 Å². The number of nitrogens with two attached hydrogens (primary N) is 2. The summed E-state index contributed by atoms with van der Waals surface area (Å²) in [7, 11) is 0. The summed E-state index contributed by atoms with van der Waals surface area (Å²) in [6.07, 6.45) is -2.99. The molecule has 4 unspecified atom stereocenters. The van der Waals surface area contributed by atoms with Crippen LogP contribution in [0.1, 0.15) is 32.1 Å². The quantitative estimate of drug-likeness (QED) is 0.233. The van der Waals surface area contributed by atoms with Crippen molar-refractivity contribution in [2.45, 2.75) is 62.1 Å². The zero-order chi connectivity index (χ0) is 18.2. The average Bonchev–Trinajstić information content (AvgIpc) is 2.45. The van der Waals surface area contributed by atoms with Crippen LogP contribution < -0.4 is 11.5 Å². The first kappa shape index (κ1) is 21.7. The Morgan fingerprint density at radius 2 is 1.57 bits per heavy atom. The highest BCUT2D eigenvalue weighted by atomic mass is 16.4. The first-order valence-corrected chi connectivity index (χ1v) is 7.23. The predicted octanol–water partition coefficient (Wildman–Crippen LogP) is -2.79. The van der Waals surface area contributed by atoms with Crippen LogP contribution in [0.3, 0.4) is 0 Å². The van der Waals surface area contributed by atoms with Crippen molar-refractivity contribution >= 4 is 11.9 Å². The van der Waals surface area contributed by atoms with Gasteiger partial charge in [0.05, 0.1) is 12.2 Å². The van der Waals surface area contributed by atoms with E-state index in [2.05, 4.69) is 0 Å². The first-order chi connectivity index (χ1) is 10.5. The van der Waals surface area contributed by atoms with Crippen LogP contribution >= 0.6 is 0 Å². The number of carboxylic acid groups (broad SMARTS) is 2. The lowest BCUT2D eigenvalue weighted by Gasteiger charge is -2.37. The van der Waals surface area contributed by atoms with Crippen molar-refractivity contribution in [1.82, 2.24) is 0 Å². The van der Waals surface area contributed by atoms with Gasteiger partial charge in [-0.2, -0.15) is 0 Å². The second kappa shape index (κ2) is 9.75. The minimum absolute atomic E-state index is 0.472. The molecular formula is C13H26N2O8. The fourth-order valence-electron chi connectivity index (χ4n) is 2.08. The van der Waals surface area contributed by atoms with Crippen LogP contribution in [-0.4, -0.2) is 79.1 Å². The Bertz CT molecular complexity index is 380. The Labute approximate surface area is 133 Å². The van der Waals surface area contributed by atoms with Gasteiger partial charge in [-0.1, -0.05) is 6.42 Å². The van der Waals surface area contributed by atoms with E-state index >= 15 is 0 Å². The highest BCUT2D eigenvalue weighted by Crippen LogP contribution is 2.29. The van der Waals surface area contributed by atoms with Gasteiger partial charge in [-0.3, -0.25) is 4.79 Å². The van der Waals surface area contributed by atoms with Crippen molar-refractivity contribution < 1.29 is 40.2 Å². The van der Waals surface area contributed by atoms with Gasteiger partial charge in [0.15, 0.2) is 5.60 Å². The molecule has 0 aromatic carbocycles. The molecule has 0 aliphatic heterocycles. The lowest BCUT2D eigenvalue weighted by molar-refractivity contribution is -0.187. The van der Waals surface area contributed by atoms with Gasteiger partial charge in [-0.25, -0.2) is 4.79 Å². The Hall–Kier alpha value is -1.30. The second-order valence-corrected chi connectivity index (χ2v) is 5.60. The standard InChI is InChI=1S/C7H12O6.C6H14N2O2/c8-3-1-7(13,6(11)12)2-4(9)5(3)10;7-4-2-1-3-5(8)6(9)10/h3-5,8-10,13H,1-2H2,(H,11,12);5H,1-4,7-8H2,(H,9,10)/t3-,4?,5?,7?;/m1./s1. The topological polar surface area (TPSA) is 208 Å². The second-order valence-electron chi connectivity index (χ2n) is 5.60. The predicted molar refractivity (Wildman–Crippen MR) is 78.4 cm³/mol. The van der Waals surface area contributed by atoms with E-state index in [1.54, 1.807) is 0 Å². The molecule has 1 fully saturated rings. The zero-order valence-electron chi connectivity index (χ0n) is 12.7. The maximum absolute atomic E-state index is 10.5. The molecule has 10 heteroatoms. The van der Waals surface area contributed by atoms with Crippen LogP contribution in [0, 0.1) is 0 Å². The SMILES string of the molecule is NCCCCC(N)C(=O)O.O=C(O)C1(O)CC(O)C(O)[C@H](O)C1. The van der Waals surface area contributed by atoms with Crippen molar-refractivity contribution in [3.05, 3.63) is 0 Å². The Balaban J connectivity index is 0.000000438. The molecule has 0 heterocycles. The van der Waals surface area contributed by atoms with Crippen LogP contribution in [0.5, 0.6) is 0 Å². The van der Waals surface area contributed by atoms with E-state index in [4.69, 9.17) is 37.0 Å². The monoisotopic (exact) mass is 338 g/mol. The molecule has 0 radical (unpaired) electrons. The van der Waals surface area contributed by atoms with Crippen LogP contribution in [-0.2, 0) is 9.59 Å². The van der Waals surface area contributed by atoms with E-state index in [0.717, 1.165) is 12.8 Å². The van der Waals surface area contributed by atoms with Crippen molar-refractivity contribution in [2.75, 3.05) is 6.54 Å². The smallest absolute Gasteiger partial charge is 0.335 e. The lowest BCUT2D eigenvalue weighted by Crippen LogP contribution is -2.56. The number of unbranched alkanes of at least 4 members (excludes halogenated alkanes) is 1. The van der Waals surface area contributed by atoms with Gasteiger partial charge in [-0.15, -0.1) is 0 Å². The summed E-state index contributed by atoms with van der Waals surface area (Å²) in [5, 5.41) is 53.5. The number of aliphatic hydroxyl groups excluding tert-OH is 3. The number of aliphatic hydroxyl groups is 4. The molecule has 0 amide bonds. The number of rotatable bonds is 6. The number of carboxylic acids is 2. The van der Waals surface area contributed by atoms with E-state index in [1.807, 2.05) is 0 Å². The first-order valence-electron chi connectivity index (χ1n) is 7.23. The Morgan fingerprint density at radius 3 is 1.91 bits per heavy atom. The molecule has 1 aliphatic rings. The summed E-state index contributed by atoms with van der Waals surface area (Å²) in [6, 6.07) is -0.716. The lowest BCUT2D eigenvalue weighted by atomic mass is 9.80. The van der Waals surface area contributed by atoms with Crippen molar-refractivity contribution in [1.29, 1.82) is 0 Å². The molecular weight excluding hydrogens is 312 g/mol. The number of hydrogen-bond donors (Lipinski definition) is 8. The van der Waals surface area contributed by atoms with E-state index in [1.165, 1.54) is 0 Å². The largest absolute Gasteiger partial charge is 0.480 e. The van der Waals surface area contributed by atoms with Gasteiger partial charge in [0.2, 0.25) is 0 Å². The van der Waals surface area contributed by atoms with Crippen LogP contribution in [0.25, 0.3) is 0 Å². The highest BCUT2D eigenvalue weighted by Gasteiger charge is 2.48. The van der Waals surface area contributed by atoms with Gasteiger partial charge < -0.3 is 42.1 Å². The molecule has 10 nitrogen and oxygen atoms in total. The van der Waals surface area contributed by atoms with Gasteiger partial charge >= 0.3 is 11.9 Å². The molecule has 0 spiro atoms. The Kier molecular flexibility index (Phi) is 9.20. The zero-order valence-corrected chi connectivity index (χ0v) is 12.7. The van der Waals surface area contributed by atoms with Crippen molar-refractivity contribution in [3.63, 3.8) is 0 Å². The van der Waals surface area contributed by atoms with Gasteiger partial charge in [0.1, 0.15) is 12.1 Å². The molecule has 1 aliphatic carbocycles. The summed E-state index contributed by atoms with van der Waals surface area (Å²) in [5.74, 6) is -2.44. The minimum Gasteiger partial charge on any atom is -0.480 e. The molecule has 0 aromatic heterocycles. The molecule has 1 saturated carbocycles. The summed E-state index contributed by atoms with van der Waals surface area (Å²) < 4.78 is 0. The van der Waals surface area contributed by atoms with E-state index in [9.17, 15) is 14.7 Å². The fraction of sp³-hybridized carbons (Fsp3) is 0.846. The maximum atomic E-state index is 10.5. The van der Waals surface area contributed by atoms with Gasteiger partial charge in [0.25, 0.3) is 0 Å². The third-order valence-electron chi connectivity index (χ3n) is 3.57. The summed E-state index contributed by atoms with van der Waals surface area (Å²) in [5.41, 5.74) is 8.28. The summed E-state index contributed by atoms with van der Waals surface area (Å²) in [4.78, 5) is 20.7. The summed E-state index contributed by atoms with van der Waals surface area (Å²) >= 11 is 0. The van der Waals surface area contributed by atoms with E-state index in [-0.39, 0.29) is 0 Å². The normalized spacial score (nSPS) is 31.7.